The van der Waals surface area contributed by atoms with Crippen molar-refractivity contribution in [2.45, 2.75) is 63.2 Å². The molecule has 7 rings (SSSR count). The summed E-state index contributed by atoms with van der Waals surface area (Å²) in [4.78, 5) is 46.9. The molecule has 363 valence electrons. The second-order valence-corrected chi connectivity index (χ2v) is 19.1. The molecular weight excluding hydrogens is 996 g/mol. The van der Waals surface area contributed by atoms with E-state index in [0.717, 1.165) is 44.5 Å². The molecule has 2 aromatic carbocycles. The van der Waals surface area contributed by atoms with Crippen molar-refractivity contribution >= 4 is 106 Å². The van der Waals surface area contributed by atoms with Gasteiger partial charge < -0.3 is 55.9 Å². The maximum absolute atomic E-state index is 13.5. The molecule has 10 N–H and O–H groups in total. The van der Waals surface area contributed by atoms with E-state index in [0.29, 0.717) is 56.2 Å². The van der Waals surface area contributed by atoms with E-state index in [1.165, 1.54) is 48.5 Å². The fraction of sp³-hybridized carbons (Fsp3) is 0.167. The zero-order valence-corrected chi connectivity index (χ0v) is 41.8. The number of rotatable bonds is 14. The number of nitrogens with two attached hydrogens (primary N) is 4. The van der Waals surface area contributed by atoms with E-state index in [1.807, 2.05) is 52.0 Å². The van der Waals surface area contributed by atoms with Crippen molar-refractivity contribution in [1.29, 1.82) is 0 Å². The summed E-state index contributed by atoms with van der Waals surface area (Å²) in [6.45, 7) is 15.9. The van der Waals surface area contributed by atoms with Gasteiger partial charge in [0.2, 0.25) is 23.7 Å². The topological polar surface area (TPSA) is 309 Å². The number of sulfonamides is 2. The minimum atomic E-state index is -4.12. The van der Waals surface area contributed by atoms with Crippen LogP contribution in [0.4, 0.5) is 11.4 Å². The van der Waals surface area contributed by atoms with Crippen molar-refractivity contribution in [3.8, 4) is 0 Å². The number of nitrogens with zero attached hydrogens (tertiary/aromatic N) is 6. The summed E-state index contributed by atoms with van der Waals surface area (Å²) in [5.74, 6) is -1.88. The first kappa shape index (κ1) is 53.7. The van der Waals surface area contributed by atoms with Crippen molar-refractivity contribution in [1.82, 2.24) is 19.9 Å². The van der Waals surface area contributed by atoms with Gasteiger partial charge in [0.15, 0.2) is 0 Å². The first-order valence-corrected chi connectivity index (χ1v) is 23.9. The van der Waals surface area contributed by atoms with Crippen LogP contribution in [-0.4, -0.2) is 50.5 Å². The van der Waals surface area contributed by atoms with Crippen LogP contribution < -0.4 is 55.9 Å². The minimum absolute atomic E-state index is 0. The normalized spacial score (nSPS) is 12.3. The molecule has 0 saturated heterocycles. The molecule has 70 heavy (non-hydrogen) atoms. The summed E-state index contributed by atoms with van der Waals surface area (Å²) in [5, 5.41) is 5.64. The van der Waals surface area contributed by atoms with Crippen LogP contribution in [0.5, 0.6) is 0 Å². The Morgan fingerprint density at radius 1 is 0.614 bits per heavy atom. The number of anilines is 2. The number of nitrogens with one attached hydrogen (secondary N) is 2. The molecule has 0 atom stereocenters. The molecule has 22 heteroatoms. The van der Waals surface area contributed by atoms with E-state index in [-0.39, 0.29) is 76.8 Å². The smallest absolute Gasteiger partial charge is 1.00 e. The Morgan fingerprint density at radius 3 is 1.57 bits per heavy atom. The summed E-state index contributed by atoms with van der Waals surface area (Å²) in [7, 11) is -8.24. The molecule has 0 aliphatic carbocycles. The van der Waals surface area contributed by atoms with Crippen molar-refractivity contribution in [3.05, 3.63) is 137 Å². The van der Waals surface area contributed by atoms with Gasteiger partial charge in [0, 0.05) is 29.8 Å². The zero-order valence-electron chi connectivity index (χ0n) is 38.3. The van der Waals surface area contributed by atoms with Crippen LogP contribution in [0.2, 0.25) is 0 Å². The molecule has 18 nitrogen and oxygen atoms in total. The largest absolute Gasteiger partial charge is 3.00 e. The summed E-state index contributed by atoms with van der Waals surface area (Å²) in [5.41, 5.74) is 33.6. The molecular formula is C48H48ClFeN12O6S2. The monoisotopic (exact) mass is 1040 g/mol. The van der Waals surface area contributed by atoms with Crippen LogP contribution in [0, 0.1) is 13.8 Å². The second kappa shape index (κ2) is 21.6. The average Bonchev–Trinajstić information content (AvgIpc) is 3.93. The maximum Gasteiger partial charge on any atom is 3.00 e. The molecule has 0 spiro atoms. The van der Waals surface area contributed by atoms with Crippen LogP contribution in [0.15, 0.2) is 111 Å². The number of allylic oxidation sites excluding steroid dienone is 5. The summed E-state index contributed by atoms with van der Waals surface area (Å²) < 4.78 is 56.3. The van der Waals surface area contributed by atoms with E-state index in [1.54, 1.807) is 12.2 Å². The number of guanidine groups is 2. The molecule has 5 heterocycles. The quantitative estimate of drug-likeness (QED) is 0.0530. The Bertz CT molecular complexity index is 3480. The van der Waals surface area contributed by atoms with Crippen LogP contribution in [-0.2, 0) is 53.1 Å². The fourth-order valence-electron chi connectivity index (χ4n) is 7.88. The maximum atomic E-state index is 13.5. The number of halogens is 1. The molecule has 0 unspecified atom stereocenters. The van der Waals surface area contributed by atoms with E-state index in [9.17, 15) is 26.4 Å². The number of aromatic nitrogens is 4. The Labute approximate surface area is 421 Å². The standard InChI is InChI=1S/C48H50N12O6S2.ClH.Fe/c1-7-33-25(3)37-21-38-27(5)35(17-19-45(61)53-29-9-13-31(14-10-29)67(63,64)59-47(49)50)43(57-38)24-44-36(18-20-46(62)54-30-11-15-32(16-12-30)68(65,66)60-48(51)52)28(6)40(58-44)23-42-34(8-2)26(4)39(56-42)22-41(33)55-37;;/h7-16,21-24H,1-2,17-20H2,3-6H3,(H12,49,50,51,52,53,54,55,56,57,58,59,60,61,62);1H;/q;;+3/p-3. The summed E-state index contributed by atoms with van der Waals surface area (Å²) in [6.07, 6.45) is 4.10. The van der Waals surface area contributed by atoms with E-state index < -0.39 is 32.0 Å². The minimum Gasteiger partial charge on any atom is -1.00 e. The molecule has 0 fully saturated rings. The number of amides is 2. The van der Waals surface area contributed by atoms with Gasteiger partial charge in [-0.2, -0.15) is 16.8 Å². The van der Waals surface area contributed by atoms with Crippen molar-refractivity contribution in [2.75, 3.05) is 10.6 Å². The van der Waals surface area contributed by atoms with Crippen molar-refractivity contribution in [2.24, 2.45) is 31.7 Å². The average molecular weight is 1040 g/mol. The van der Waals surface area contributed by atoms with Crippen LogP contribution >= 0.6 is 0 Å². The van der Waals surface area contributed by atoms with Gasteiger partial charge in [-0.3, -0.25) is 9.59 Å². The molecule has 8 bridgehead atoms. The molecule has 1 radical (unpaired) electrons. The first-order chi connectivity index (χ1) is 32.2. The summed E-state index contributed by atoms with van der Waals surface area (Å²) >= 11 is 0. The van der Waals surface area contributed by atoms with Crippen LogP contribution in [0.1, 0.15) is 78.1 Å². The van der Waals surface area contributed by atoms with Crippen LogP contribution in [0.3, 0.4) is 0 Å². The van der Waals surface area contributed by atoms with Gasteiger partial charge in [0.05, 0.1) is 32.6 Å². The van der Waals surface area contributed by atoms with Gasteiger partial charge in [-0.05, 0) is 111 Å². The predicted molar refractivity (Wildman–Crippen MR) is 267 cm³/mol. The van der Waals surface area contributed by atoms with Gasteiger partial charge in [-0.1, -0.05) is 66.3 Å². The third kappa shape index (κ3) is 11.6. The molecule has 0 saturated carbocycles. The Morgan fingerprint density at radius 2 is 1.06 bits per heavy atom. The van der Waals surface area contributed by atoms with Gasteiger partial charge in [0.1, 0.15) is 0 Å². The first-order valence-electron chi connectivity index (χ1n) is 21.0. The van der Waals surface area contributed by atoms with E-state index in [4.69, 9.17) is 42.9 Å². The molecule has 3 aromatic heterocycles. The SMILES string of the molecule is C=CC1=C(C)c2cc3[n-]c(cc4nc(cc5[n-]c(cc1n2)c(C)c5CCC(=O)Nc1ccc(S(=O)(=O)N=C(N)N)cc1)C(CCC(=O)Nc1ccc(S(=O)(=O)N=C(N)N)cc1)=C4C)c(C)c3C=C.[Cl-].[Fe+3]. The number of aryl methyl sites for hydroxylation is 3. The molecule has 5 aromatic rings. The Kier molecular flexibility index (Phi) is 16.5. The van der Waals surface area contributed by atoms with Crippen molar-refractivity contribution < 1.29 is 55.9 Å². The molecule has 2 aliphatic rings. The summed E-state index contributed by atoms with van der Waals surface area (Å²) in [6, 6.07) is 18.5. The van der Waals surface area contributed by atoms with Gasteiger partial charge in [0.25, 0.3) is 20.0 Å². The van der Waals surface area contributed by atoms with Crippen molar-refractivity contribution in [3.63, 3.8) is 0 Å². The number of fused-ring (bicyclic) bond motifs is 8. The Balaban J connectivity index is 0.00000456. The molecule has 2 aliphatic heterocycles. The number of benzene rings is 2. The van der Waals surface area contributed by atoms with E-state index in [2.05, 4.69) is 32.6 Å². The number of carbonyl (C=O) groups is 2. The molecule has 2 amide bonds. The zero-order chi connectivity index (χ0) is 49.2. The van der Waals surface area contributed by atoms with E-state index >= 15 is 0 Å². The van der Waals surface area contributed by atoms with Gasteiger partial charge in [-0.15, -0.1) is 30.9 Å². The second-order valence-electron chi connectivity index (χ2n) is 15.9. The number of hydrogen-bond donors (Lipinski definition) is 6. The fourth-order valence-corrected chi connectivity index (χ4v) is 9.60. The van der Waals surface area contributed by atoms with Gasteiger partial charge >= 0.3 is 17.1 Å². The number of hydrogen-bond acceptors (Lipinski definition) is 8. The van der Waals surface area contributed by atoms with Crippen LogP contribution in [0.25, 0.3) is 50.4 Å². The van der Waals surface area contributed by atoms with Gasteiger partial charge in [-0.25, -0.2) is 9.97 Å². The number of carbonyl (C=O) groups excluding carboxylic acids is 2. The Hall–Kier alpha value is -7.29. The third-order valence-corrected chi connectivity index (χ3v) is 14.1. The predicted octanol–water partition coefficient (Wildman–Crippen LogP) is 2.80. The third-order valence-electron chi connectivity index (χ3n) is 11.4.